The minimum absolute atomic E-state index is 0.0465. The molecule has 1 aromatic carbocycles. The second kappa shape index (κ2) is 15.5. The topological polar surface area (TPSA) is 9.23 Å². The fourth-order valence-corrected chi connectivity index (χ4v) is 13.3. The molecule has 0 aromatic heterocycles. The molecule has 0 unspecified atom stereocenters. The van der Waals surface area contributed by atoms with Crippen LogP contribution in [0.4, 0.5) is 0 Å². The van der Waals surface area contributed by atoms with Crippen molar-refractivity contribution in [2.75, 3.05) is 6.61 Å². The summed E-state index contributed by atoms with van der Waals surface area (Å²) in [4.78, 5) is 0. The van der Waals surface area contributed by atoms with E-state index in [0.29, 0.717) is 6.61 Å². The standard InChI is InChI=1S/C18H33P.C9H10O.2ClH.Ru/c1-4-10-16(11-5-1)19(17-12-6-2-7-13-17)18-14-8-3-9-15-18;1-3-10-9-7-5-4-6-8(9)2;;;/h16-18H,1-15H2;2,4-7H,3H2,1H3;2*1H;/q;;;;+2/p-1. The Bertz CT molecular complexity index is 633. The third-order valence-electron chi connectivity index (χ3n) is 7.64. The summed E-state index contributed by atoms with van der Waals surface area (Å²) in [5, 5.41) is 0. The van der Waals surface area contributed by atoms with Crippen LogP contribution in [0.15, 0.2) is 24.3 Å². The van der Waals surface area contributed by atoms with E-state index in [2.05, 4.69) is 0 Å². The number of hydrogen-bond donors (Lipinski definition) is 0. The zero-order valence-electron chi connectivity index (χ0n) is 20.0. The monoisotopic (exact) mass is 587 g/mol. The zero-order chi connectivity index (χ0) is 22.6. The zero-order valence-corrected chi connectivity index (χ0v) is 24.2. The molecule has 3 aliphatic rings. The van der Waals surface area contributed by atoms with E-state index in [-0.39, 0.29) is 7.92 Å². The molecule has 0 saturated heterocycles. The molecule has 0 N–H and O–H groups in total. The number of rotatable bonds is 6. The van der Waals surface area contributed by atoms with Crippen LogP contribution in [0.3, 0.4) is 0 Å². The first kappa shape index (κ1) is 27.1. The van der Waals surface area contributed by atoms with Crippen molar-refractivity contribution < 1.29 is 18.3 Å². The Hall–Kier alpha value is 0.523. The Balaban J connectivity index is 0.000000195. The molecule has 0 radical (unpaired) electrons. The van der Waals surface area contributed by atoms with Crippen LogP contribution in [-0.2, 0) is 13.5 Å². The van der Waals surface area contributed by atoms with Crippen molar-refractivity contribution in [1.82, 2.24) is 0 Å². The first-order chi connectivity index (χ1) is 15.7. The predicted molar refractivity (Wildman–Crippen MR) is 143 cm³/mol. The van der Waals surface area contributed by atoms with Crippen LogP contribution in [0, 0.1) is 0 Å². The Morgan fingerprint density at radius 2 is 1.22 bits per heavy atom. The van der Waals surface area contributed by atoms with Crippen LogP contribution in [0.25, 0.3) is 0 Å². The summed E-state index contributed by atoms with van der Waals surface area (Å²) in [5.74, 6) is 0.852. The van der Waals surface area contributed by atoms with Crippen molar-refractivity contribution in [2.45, 2.75) is 120 Å². The molecule has 3 saturated carbocycles. The maximum atomic E-state index is 5.78. The van der Waals surface area contributed by atoms with E-state index in [0.717, 1.165) is 11.3 Å². The summed E-state index contributed by atoms with van der Waals surface area (Å²) in [5.41, 5.74) is 4.67. The summed E-state index contributed by atoms with van der Waals surface area (Å²) >= 11 is -1.75. The average molecular weight is 588 g/mol. The van der Waals surface area contributed by atoms with Gasteiger partial charge in [0.25, 0.3) is 0 Å². The van der Waals surface area contributed by atoms with E-state index < -0.39 is 13.5 Å². The van der Waals surface area contributed by atoms with Gasteiger partial charge in [0, 0.05) is 7.92 Å². The van der Waals surface area contributed by atoms with Gasteiger partial charge in [0.1, 0.15) is 0 Å². The van der Waals surface area contributed by atoms with E-state index in [1.165, 1.54) is 17.0 Å². The van der Waals surface area contributed by atoms with E-state index in [9.17, 15) is 0 Å². The summed E-state index contributed by atoms with van der Waals surface area (Å²) in [6, 6.07) is 7.75. The molecule has 1 aromatic rings. The van der Waals surface area contributed by atoms with Crippen molar-refractivity contribution in [2.24, 2.45) is 0 Å². The van der Waals surface area contributed by atoms with Crippen molar-refractivity contribution in [3.63, 3.8) is 0 Å². The maximum absolute atomic E-state index is 5.78. The Labute approximate surface area is 211 Å². The van der Waals surface area contributed by atoms with Crippen LogP contribution in [0.2, 0.25) is 0 Å². The van der Waals surface area contributed by atoms with Crippen LogP contribution < -0.4 is 4.74 Å². The van der Waals surface area contributed by atoms with Crippen molar-refractivity contribution in [3.8, 4) is 5.75 Å². The fourth-order valence-electron chi connectivity index (χ4n) is 6.24. The molecular weight excluding hydrogens is 543 g/mol. The Morgan fingerprint density at radius 3 is 1.62 bits per heavy atom. The minimum atomic E-state index is -1.75. The number of para-hydroxylation sites is 1. The summed E-state index contributed by atoms with van der Waals surface area (Å²) < 4.78 is 7.30. The predicted octanol–water partition coefficient (Wildman–Crippen LogP) is 9.36. The summed E-state index contributed by atoms with van der Waals surface area (Å²) in [7, 11) is 11.5. The van der Waals surface area contributed by atoms with Crippen LogP contribution in [-0.4, -0.2) is 28.2 Å². The molecule has 0 amide bonds. The summed E-state index contributed by atoms with van der Waals surface area (Å²) in [6.07, 6.45) is 23.8. The van der Waals surface area contributed by atoms with E-state index in [1.54, 1.807) is 96.3 Å². The van der Waals surface area contributed by atoms with Gasteiger partial charge in [-0.25, -0.2) is 0 Å². The van der Waals surface area contributed by atoms with Gasteiger partial charge in [0.2, 0.25) is 0 Å². The van der Waals surface area contributed by atoms with Gasteiger partial charge in [0.05, 0.1) is 17.0 Å². The first-order valence-electron chi connectivity index (χ1n) is 13.1. The van der Waals surface area contributed by atoms with E-state index >= 15 is 0 Å². The molecule has 0 atom stereocenters. The number of hydrogen-bond acceptors (Lipinski definition) is 1. The van der Waals surface area contributed by atoms with Crippen molar-refractivity contribution in [1.29, 1.82) is 0 Å². The van der Waals surface area contributed by atoms with Gasteiger partial charge < -0.3 is 0 Å². The van der Waals surface area contributed by atoms with E-state index in [4.69, 9.17) is 24.1 Å². The van der Waals surface area contributed by atoms with E-state index in [1.807, 2.05) is 35.8 Å². The third-order valence-corrected chi connectivity index (χ3v) is 14.0. The molecule has 4 rings (SSSR count). The van der Waals surface area contributed by atoms with Crippen molar-refractivity contribution in [3.05, 3.63) is 29.8 Å². The van der Waals surface area contributed by atoms with Gasteiger partial charge in [-0.2, -0.15) is 0 Å². The fraction of sp³-hybridized carbons (Fsp3) is 0.741. The number of halogens is 2. The normalized spacial score (nSPS) is 21.6. The van der Waals surface area contributed by atoms with Gasteiger partial charge in [-0.1, -0.05) is 19.3 Å². The molecule has 3 fully saturated rings. The quantitative estimate of drug-likeness (QED) is 0.238. The molecule has 0 bridgehead atoms. The Kier molecular flexibility index (Phi) is 13.1. The second-order valence-electron chi connectivity index (χ2n) is 9.78. The molecule has 0 heterocycles. The first-order valence-corrected chi connectivity index (χ1v) is 20.3. The molecule has 1 nitrogen and oxygen atoms in total. The molecule has 0 spiro atoms. The van der Waals surface area contributed by atoms with Gasteiger partial charge in [-0.15, -0.1) is 0 Å². The van der Waals surface area contributed by atoms with Crippen molar-refractivity contribution >= 4 is 31.9 Å². The van der Waals surface area contributed by atoms with Gasteiger partial charge in [-0.05, 0) is 77.0 Å². The average Bonchev–Trinajstić information content (AvgIpc) is 2.83. The SMILES string of the molecule is C1CCC([PH+](C2CCCCC2)C2CCCCC2)CC1.CCOc1ccccc1[CH]=[Ru]([Cl])[Cl]. The van der Waals surface area contributed by atoms with Crippen LogP contribution >= 0.6 is 27.3 Å². The number of benzene rings is 1. The van der Waals surface area contributed by atoms with Gasteiger partial charge in [-0.3, -0.25) is 0 Å². The van der Waals surface area contributed by atoms with Crippen LogP contribution in [0.1, 0.15) is 109 Å². The van der Waals surface area contributed by atoms with Gasteiger partial charge >= 0.3 is 91.4 Å². The molecule has 0 aliphatic heterocycles. The van der Waals surface area contributed by atoms with Crippen LogP contribution in [0.5, 0.6) is 5.75 Å². The second-order valence-corrected chi connectivity index (χ2v) is 19.0. The summed E-state index contributed by atoms with van der Waals surface area (Å²) in [6.45, 7) is 2.61. The van der Waals surface area contributed by atoms with Gasteiger partial charge in [0.15, 0.2) is 0 Å². The third kappa shape index (κ3) is 8.95. The Morgan fingerprint density at radius 1 is 0.781 bits per heavy atom. The number of ether oxygens (including phenoxy) is 1. The molecule has 184 valence electrons. The molecule has 5 heteroatoms. The molecule has 3 aliphatic carbocycles. The molecular formula is C27H44Cl2OPRu+. The molecule has 32 heavy (non-hydrogen) atoms.